The molecule has 0 aliphatic carbocycles. The Bertz CT molecular complexity index is 535. The molecule has 0 radical (unpaired) electrons. The zero-order chi connectivity index (χ0) is 13.5. The maximum atomic E-state index is 12.0. The number of halogens is 1. The van der Waals surface area contributed by atoms with Crippen LogP contribution in [0, 0.1) is 0 Å². The van der Waals surface area contributed by atoms with Crippen molar-refractivity contribution in [3.8, 4) is 0 Å². The highest BCUT2D eigenvalue weighted by Crippen LogP contribution is 2.40. The van der Waals surface area contributed by atoms with Crippen LogP contribution in [-0.4, -0.2) is 17.6 Å². The third kappa shape index (κ3) is 1.83. The molecule has 0 saturated heterocycles. The Kier molecular flexibility index (Phi) is 3.20. The molecule has 1 aliphatic heterocycles. The van der Waals surface area contributed by atoms with Gasteiger partial charge in [-0.25, -0.2) is 0 Å². The van der Waals surface area contributed by atoms with E-state index in [1.807, 2.05) is 32.9 Å². The lowest BCUT2D eigenvalue weighted by molar-refractivity contribution is -0.119. The van der Waals surface area contributed by atoms with Gasteiger partial charge in [0.05, 0.1) is 17.0 Å². The number of carbonyl (C=O) groups is 2. The summed E-state index contributed by atoms with van der Waals surface area (Å²) in [5.41, 5.74) is 2.50. The molecule has 2 rings (SSSR count). The Morgan fingerprint density at radius 3 is 2.61 bits per heavy atom. The largest absolute Gasteiger partial charge is 0.324 e. The van der Waals surface area contributed by atoms with Gasteiger partial charge in [0.1, 0.15) is 0 Å². The van der Waals surface area contributed by atoms with Crippen LogP contribution in [0.15, 0.2) is 12.1 Å². The van der Waals surface area contributed by atoms with E-state index in [2.05, 4.69) is 5.32 Å². The smallest absolute Gasteiger partial charge is 0.234 e. The maximum absolute atomic E-state index is 12.0. The lowest BCUT2D eigenvalue weighted by atomic mass is 9.84. The second-order valence-corrected chi connectivity index (χ2v) is 5.32. The minimum atomic E-state index is -0.595. The SMILES string of the molecule is CCc1cc(C(=O)CCl)c2c(c1)C(C)(C)C(=O)N2. The minimum absolute atomic E-state index is 0.0735. The fourth-order valence-corrected chi connectivity index (χ4v) is 2.36. The number of fused-ring (bicyclic) bond motifs is 1. The highest BCUT2D eigenvalue weighted by molar-refractivity contribution is 6.31. The van der Waals surface area contributed by atoms with Crippen LogP contribution in [-0.2, 0) is 16.6 Å². The number of carbonyl (C=O) groups excluding carboxylic acids is 2. The molecule has 4 heteroatoms. The van der Waals surface area contributed by atoms with E-state index in [0.29, 0.717) is 11.3 Å². The summed E-state index contributed by atoms with van der Waals surface area (Å²) in [5.74, 6) is -0.300. The first-order chi connectivity index (χ1) is 8.41. The van der Waals surface area contributed by atoms with Crippen molar-refractivity contribution in [3.63, 3.8) is 0 Å². The van der Waals surface area contributed by atoms with Gasteiger partial charge >= 0.3 is 0 Å². The summed E-state index contributed by atoms with van der Waals surface area (Å²) in [5, 5.41) is 2.80. The number of alkyl halides is 1. The highest BCUT2D eigenvalue weighted by atomic mass is 35.5. The average molecular weight is 266 g/mol. The summed E-state index contributed by atoms with van der Waals surface area (Å²) in [7, 11) is 0. The number of nitrogens with one attached hydrogen (secondary N) is 1. The van der Waals surface area contributed by atoms with Crippen molar-refractivity contribution >= 4 is 29.0 Å². The molecule has 1 aromatic rings. The standard InChI is InChI=1S/C14H16ClNO2/c1-4-8-5-9(11(17)7-15)12-10(6-8)14(2,3)13(18)16-12/h5-6H,4,7H2,1-3H3,(H,16,18). The van der Waals surface area contributed by atoms with Crippen molar-refractivity contribution in [2.45, 2.75) is 32.6 Å². The van der Waals surface area contributed by atoms with Gasteiger partial charge in [0.2, 0.25) is 5.91 Å². The van der Waals surface area contributed by atoms with Gasteiger partial charge in [-0.2, -0.15) is 0 Å². The maximum Gasteiger partial charge on any atom is 0.234 e. The molecule has 1 N–H and O–H groups in total. The summed E-state index contributed by atoms with van der Waals surface area (Å²) in [4.78, 5) is 23.8. The van der Waals surface area contributed by atoms with Gasteiger partial charge in [-0.05, 0) is 37.5 Å². The van der Waals surface area contributed by atoms with Crippen LogP contribution >= 0.6 is 11.6 Å². The molecule has 0 saturated carbocycles. The molecule has 0 bridgehead atoms. The van der Waals surface area contributed by atoms with Crippen LogP contribution in [0.5, 0.6) is 0 Å². The van der Waals surface area contributed by atoms with Crippen molar-refractivity contribution < 1.29 is 9.59 Å². The monoisotopic (exact) mass is 265 g/mol. The number of hydrogen-bond donors (Lipinski definition) is 1. The Labute approximate surface area is 112 Å². The zero-order valence-electron chi connectivity index (χ0n) is 10.8. The van der Waals surface area contributed by atoms with Crippen molar-refractivity contribution in [2.75, 3.05) is 11.2 Å². The molecule has 1 aromatic carbocycles. The zero-order valence-corrected chi connectivity index (χ0v) is 11.5. The molecule has 1 amide bonds. The van der Waals surface area contributed by atoms with Crippen LogP contribution in [0.2, 0.25) is 0 Å². The molecule has 0 unspecified atom stereocenters. The molecule has 1 aliphatic rings. The second kappa shape index (κ2) is 4.39. The van der Waals surface area contributed by atoms with Crippen LogP contribution < -0.4 is 5.32 Å². The van der Waals surface area contributed by atoms with Gasteiger partial charge in [-0.1, -0.05) is 13.0 Å². The van der Waals surface area contributed by atoms with Gasteiger partial charge in [-0.3, -0.25) is 9.59 Å². The number of Topliss-reactive ketones (excluding diaryl/α,β-unsaturated/α-hetero) is 1. The summed E-state index contributed by atoms with van der Waals surface area (Å²) in [6.07, 6.45) is 0.820. The number of amides is 1. The normalized spacial score (nSPS) is 16.3. The van der Waals surface area contributed by atoms with Crippen molar-refractivity contribution in [1.29, 1.82) is 0 Å². The molecule has 0 fully saturated rings. The number of hydrogen-bond acceptors (Lipinski definition) is 2. The molecular formula is C14H16ClNO2. The number of ketones is 1. The first-order valence-electron chi connectivity index (χ1n) is 5.99. The Morgan fingerprint density at radius 2 is 2.06 bits per heavy atom. The third-order valence-corrected chi connectivity index (χ3v) is 3.75. The second-order valence-electron chi connectivity index (χ2n) is 5.06. The average Bonchev–Trinajstić information content (AvgIpc) is 2.59. The number of aryl methyl sites for hydroxylation is 1. The van der Waals surface area contributed by atoms with Gasteiger partial charge in [0, 0.05) is 5.56 Å². The predicted octanol–water partition coefficient (Wildman–Crippen LogP) is 2.90. The summed E-state index contributed by atoms with van der Waals surface area (Å²) < 4.78 is 0. The van der Waals surface area contributed by atoms with E-state index in [1.165, 1.54) is 0 Å². The lowest BCUT2D eigenvalue weighted by Crippen LogP contribution is -2.26. The van der Waals surface area contributed by atoms with Gasteiger partial charge < -0.3 is 5.32 Å². The van der Waals surface area contributed by atoms with E-state index in [-0.39, 0.29) is 17.6 Å². The molecule has 96 valence electrons. The van der Waals surface area contributed by atoms with Crippen LogP contribution in [0.3, 0.4) is 0 Å². The number of rotatable bonds is 3. The van der Waals surface area contributed by atoms with E-state index < -0.39 is 5.41 Å². The minimum Gasteiger partial charge on any atom is -0.324 e. The summed E-state index contributed by atoms with van der Waals surface area (Å²) in [6.45, 7) is 5.75. The van der Waals surface area contributed by atoms with E-state index in [0.717, 1.165) is 17.5 Å². The first kappa shape index (κ1) is 13.1. The fourth-order valence-electron chi connectivity index (χ4n) is 2.22. The highest BCUT2D eigenvalue weighted by Gasteiger charge is 2.40. The third-order valence-electron chi connectivity index (χ3n) is 3.51. The summed E-state index contributed by atoms with van der Waals surface area (Å²) in [6, 6.07) is 3.82. The van der Waals surface area contributed by atoms with Crippen LogP contribution in [0.1, 0.15) is 42.3 Å². The van der Waals surface area contributed by atoms with E-state index in [1.54, 1.807) is 0 Å². The lowest BCUT2D eigenvalue weighted by Gasteiger charge is -2.16. The van der Waals surface area contributed by atoms with E-state index in [4.69, 9.17) is 11.6 Å². The van der Waals surface area contributed by atoms with Gasteiger partial charge in [0.25, 0.3) is 0 Å². The summed E-state index contributed by atoms with van der Waals surface area (Å²) >= 11 is 5.63. The molecular weight excluding hydrogens is 250 g/mol. The molecule has 3 nitrogen and oxygen atoms in total. The van der Waals surface area contributed by atoms with Gasteiger partial charge in [-0.15, -0.1) is 11.6 Å². The predicted molar refractivity (Wildman–Crippen MR) is 72.5 cm³/mol. The topological polar surface area (TPSA) is 46.2 Å². The number of benzene rings is 1. The Morgan fingerprint density at radius 1 is 1.39 bits per heavy atom. The Hall–Kier alpha value is -1.35. The quantitative estimate of drug-likeness (QED) is 0.675. The molecule has 0 aromatic heterocycles. The van der Waals surface area contributed by atoms with E-state index >= 15 is 0 Å². The van der Waals surface area contributed by atoms with E-state index in [9.17, 15) is 9.59 Å². The van der Waals surface area contributed by atoms with Crippen molar-refractivity contribution in [1.82, 2.24) is 0 Å². The molecule has 18 heavy (non-hydrogen) atoms. The molecule has 0 spiro atoms. The fraction of sp³-hybridized carbons (Fsp3) is 0.429. The molecule has 1 heterocycles. The van der Waals surface area contributed by atoms with Crippen molar-refractivity contribution in [2.24, 2.45) is 0 Å². The van der Waals surface area contributed by atoms with Gasteiger partial charge in [0.15, 0.2) is 5.78 Å². The first-order valence-corrected chi connectivity index (χ1v) is 6.53. The van der Waals surface area contributed by atoms with Crippen LogP contribution in [0.25, 0.3) is 0 Å². The van der Waals surface area contributed by atoms with Crippen LogP contribution in [0.4, 0.5) is 5.69 Å². The Balaban J connectivity index is 2.69. The molecule has 0 atom stereocenters. The number of anilines is 1. The van der Waals surface area contributed by atoms with Crippen molar-refractivity contribution in [3.05, 3.63) is 28.8 Å².